The second kappa shape index (κ2) is 5.11. The first kappa shape index (κ1) is 12.7. The number of ketones is 1. The molecule has 17 heavy (non-hydrogen) atoms. The molecule has 0 unspecified atom stereocenters. The highest BCUT2D eigenvalue weighted by atomic mass is 16.5. The quantitative estimate of drug-likeness (QED) is 0.616. The van der Waals surface area contributed by atoms with Gasteiger partial charge in [0.25, 0.3) is 0 Å². The Labute approximate surface area is 98.5 Å². The van der Waals surface area contributed by atoms with E-state index in [1.54, 1.807) is 0 Å². The summed E-state index contributed by atoms with van der Waals surface area (Å²) in [7, 11) is 0. The summed E-state index contributed by atoms with van der Waals surface area (Å²) in [5.41, 5.74) is -2.55. The van der Waals surface area contributed by atoms with Crippen molar-refractivity contribution in [3.8, 4) is 17.9 Å². The van der Waals surface area contributed by atoms with Gasteiger partial charge >= 0.3 is 5.60 Å². The fraction of sp³-hybridized carbons (Fsp3) is 0.250. The number of carbonyl (C=O) groups is 1. The molecule has 0 saturated carbocycles. The summed E-state index contributed by atoms with van der Waals surface area (Å²) < 4.78 is 5.18. The van der Waals surface area contributed by atoms with Crippen molar-refractivity contribution in [3.63, 3.8) is 0 Å². The van der Waals surface area contributed by atoms with Crippen LogP contribution in [0.2, 0.25) is 0 Å². The van der Waals surface area contributed by atoms with Crippen molar-refractivity contribution in [1.29, 1.82) is 10.5 Å². The first-order valence-corrected chi connectivity index (χ1v) is 4.90. The van der Waals surface area contributed by atoms with Crippen LogP contribution in [0.15, 0.2) is 24.3 Å². The lowest BCUT2D eigenvalue weighted by molar-refractivity contribution is 0.0709. The van der Waals surface area contributed by atoms with E-state index in [0.717, 1.165) is 0 Å². The summed E-state index contributed by atoms with van der Waals surface area (Å²) in [6.07, 6.45) is 0. The van der Waals surface area contributed by atoms with Gasteiger partial charge in [-0.25, -0.2) is 0 Å². The first-order valence-electron chi connectivity index (χ1n) is 4.90. The van der Waals surface area contributed by atoms with E-state index in [9.17, 15) is 9.90 Å². The molecule has 0 fully saturated rings. The van der Waals surface area contributed by atoms with E-state index in [0.29, 0.717) is 12.4 Å². The van der Waals surface area contributed by atoms with E-state index in [-0.39, 0.29) is 5.56 Å². The minimum atomic E-state index is -2.63. The molecule has 0 amide bonds. The third-order valence-electron chi connectivity index (χ3n) is 2.08. The maximum absolute atomic E-state index is 11.7. The molecule has 1 rings (SSSR count). The molecule has 1 aromatic rings. The number of Topliss-reactive ketones (excluding diaryl/α,β-unsaturated/α-hetero) is 1. The van der Waals surface area contributed by atoms with E-state index in [4.69, 9.17) is 15.3 Å². The lowest BCUT2D eigenvalue weighted by atomic mass is 9.96. The molecule has 0 aliphatic carbocycles. The molecular weight excluding hydrogens is 220 g/mol. The number of aliphatic hydroxyl groups is 1. The molecule has 0 bridgehead atoms. The van der Waals surface area contributed by atoms with Gasteiger partial charge in [0, 0.05) is 5.56 Å². The maximum Gasteiger partial charge on any atom is 0.302 e. The van der Waals surface area contributed by atoms with Gasteiger partial charge < -0.3 is 9.84 Å². The second-order valence-corrected chi connectivity index (χ2v) is 3.22. The van der Waals surface area contributed by atoms with E-state index in [1.807, 2.05) is 6.92 Å². The van der Waals surface area contributed by atoms with E-state index < -0.39 is 11.4 Å². The minimum absolute atomic E-state index is 0.0825. The number of rotatable bonds is 4. The highest BCUT2D eigenvalue weighted by molar-refractivity contribution is 6.06. The highest BCUT2D eigenvalue weighted by Gasteiger charge is 2.37. The lowest BCUT2D eigenvalue weighted by Crippen LogP contribution is -2.35. The third kappa shape index (κ3) is 2.60. The summed E-state index contributed by atoms with van der Waals surface area (Å²) in [4.78, 5) is 11.7. The predicted octanol–water partition coefficient (Wildman–Crippen LogP) is 1.05. The molecule has 1 N–H and O–H groups in total. The summed E-state index contributed by atoms with van der Waals surface area (Å²) in [6.45, 7) is 2.32. The van der Waals surface area contributed by atoms with E-state index in [1.165, 1.54) is 36.4 Å². The number of nitriles is 2. The SMILES string of the molecule is CCOc1ccc(C(=O)C(O)(C#N)C#N)cc1. The van der Waals surface area contributed by atoms with Crippen LogP contribution in [0.4, 0.5) is 0 Å². The van der Waals surface area contributed by atoms with Crippen LogP contribution in [0, 0.1) is 22.7 Å². The first-order chi connectivity index (χ1) is 8.07. The summed E-state index contributed by atoms with van der Waals surface area (Å²) in [6, 6.07) is 8.42. The molecule has 0 aromatic heterocycles. The third-order valence-corrected chi connectivity index (χ3v) is 2.08. The second-order valence-electron chi connectivity index (χ2n) is 3.22. The van der Waals surface area contributed by atoms with Gasteiger partial charge in [0.05, 0.1) is 6.61 Å². The maximum atomic E-state index is 11.7. The Morgan fingerprint density at radius 1 is 1.35 bits per heavy atom. The van der Waals surface area contributed by atoms with Crippen molar-refractivity contribution in [2.75, 3.05) is 6.61 Å². The zero-order chi connectivity index (χ0) is 12.9. The zero-order valence-corrected chi connectivity index (χ0v) is 9.17. The van der Waals surface area contributed by atoms with Gasteiger partial charge in [0.1, 0.15) is 17.9 Å². The van der Waals surface area contributed by atoms with Crippen molar-refractivity contribution in [3.05, 3.63) is 29.8 Å². The van der Waals surface area contributed by atoms with Crippen LogP contribution in [0.3, 0.4) is 0 Å². The van der Waals surface area contributed by atoms with Crippen molar-refractivity contribution in [1.82, 2.24) is 0 Å². The minimum Gasteiger partial charge on any atom is -0.494 e. The van der Waals surface area contributed by atoms with Crippen LogP contribution in [-0.2, 0) is 0 Å². The molecule has 0 heterocycles. The number of hydrogen-bond acceptors (Lipinski definition) is 5. The van der Waals surface area contributed by atoms with Crippen LogP contribution >= 0.6 is 0 Å². The summed E-state index contributed by atoms with van der Waals surface area (Å²) in [5, 5.41) is 26.6. The standard InChI is InChI=1S/C12H10N2O3/c1-2-17-10-5-3-9(4-6-10)11(15)12(16,7-13)8-14/h3-6,16H,2H2,1H3. The topological polar surface area (TPSA) is 94.1 Å². The molecule has 0 radical (unpaired) electrons. The highest BCUT2D eigenvalue weighted by Crippen LogP contribution is 2.17. The number of ether oxygens (including phenoxy) is 1. The smallest absolute Gasteiger partial charge is 0.302 e. The van der Waals surface area contributed by atoms with Gasteiger partial charge in [0.15, 0.2) is 0 Å². The van der Waals surface area contributed by atoms with Crippen molar-refractivity contribution in [2.45, 2.75) is 12.5 Å². The fourth-order valence-electron chi connectivity index (χ4n) is 1.20. The summed E-state index contributed by atoms with van der Waals surface area (Å²) >= 11 is 0. The Morgan fingerprint density at radius 3 is 2.29 bits per heavy atom. The zero-order valence-electron chi connectivity index (χ0n) is 9.17. The van der Waals surface area contributed by atoms with Gasteiger partial charge in [-0.3, -0.25) is 4.79 Å². The predicted molar refractivity (Wildman–Crippen MR) is 58.1 cm³/mol. The Morgan fingerprint density at radius 2 is 1.88 bits per heavy atom. The van der Waals surface area contributed by atoms with Gasteiger partial charge in [-0.1, -0.05) is 0 Å². The molecule has 0 atom stereocenters. The molecular formula is C12H10N2O3. The number of nitrogens with zero attached hydrogens (tertiary/aromatic N) is 2. The summed E-state index contributed by atoms with van der Waals surface area (Å²) in [5.74, 6) is -0.368. The molecule has 5 nitrogen and oxygen atoms in total. The van der Waals surface area contributed by atoms with Crippen LogP contribution in [0.5, 0.6) is 5.75 Å². The number of hydrogen-bond donors (Lipinski definition) is 1. The van der Waals surface area contributed by atoms with Gasteiger partial charge in [0.2, 0.25) is 5.78 Å². The average Bonchev–Trinajstić information content (AvgIpc) is 2.38. The number of benzene rings is 1. The monoisotopic (exact) mass is 230 g/mol. The van der Waals surface area contributed by atoms with E-state index in [2.05, 4.69) is 0 Å². The molecule has 0 saturated heterocycles. The molecule has 86 valence electrons. The van der Waals surface area contributed by atoms with Crippen LogP contribution in [-0.4, -0.2) is 23.1 Å². The van der Waals surface area contributed by atoms with Crippen LogP contribution < -0.4 is 4.74 Å². The Kier molecular flexibility index (Phi) is 3.82. The van der Waals surface area contributed by atoms with Crippen LogP contribution in [0.25, 0.3) is 0 Å². The Bertz CT molecular complexity index is 480. The largest absolute Gasteiger partial charge is 0.494 e. The fourth-order valence-corrected chi connectivity index (χ4v) is 1.20. The molecule has 0 aliphatic heterocycles. The van der Waals surface area contributed by atoms with Gasteiger partial charge in [-0.05, 0) is 31.2 Å². The molecule has 0 spiro atoms. The molecule has 1 aromatic carbocycles. The normalized spacial score (nSPS) is 10.1. The molecule has 5 heteroatoms. The van der Waals surface area contributed by atoms with Crippen molar-refractivity contribution < 1.29 is 14.6 Å². The molecule has 0 aliphatic rings. The Balaban J connectivity index is 3.00. The Hall–Kier alpha value is -2.37. The van der Waals surface area contributed by atoms with Gasteiger partial charge in [-0.2, -0.15) is 10.5 Å². The van der Waals surface area contributed by atoms with E-state index >= 15 is 0 Å². The average molecular weight is 230 g/mol. The van der Waals surface area contributed by atoms with Crippen molar-refractivity contribution >= 4 is 5.78 Å². The van der Waals surface area contributed by atoms with Gasteiger partial charge in [-0.15, -0.1) is 0 Å². The number of carbonyl (C=O) groups excluding carboxylic acids is 1. The van der Waals surface area contributed by atoms with Crippen LogP contribution in [0.1, 0.15) is 17.3 Å². The van der Waals surface area contributed by atoms with Crippen molar-refractivity contribution in [2.24, 2.45) is 0 Å². The lowest BCUT2D eigenvalue weighted by Gasteiger charge is -2.10.